The molecule has 0 unspecified atom stereocenters. The second-order valence-electron chi connectivity index (χ2n) is 4.12. The molecular formula is C15H8F2N2O2S. The van der Waals surface area contributed by atoms with Gasteiger partial charge in [0, 0.05) is 28.0 Å². The summed E-state index contributed by atoms with van der Waals surface area (Å²) in [6.07, 6.45) is 1.24. The van der Waals surface area contributed by atoms with Crippen LogP contribution in [0.25, 0.3) is 4.91 Å². The van der Waals surface area contributed by atoms with E-state index in [0.717, 1.165) is 23.9 Å². The molecule has 2 rings (SSSR count). The van der Waals surface area contributed by atoms with Crippen LogP contribution in [-0.4, -0.2) is 4.92 Å². The summed E-state index contributed by atoms with van der Waals surface area (Å²) in [7, 11) is 0. The molecule has 22 heavy (non-hydrogen) atoms. The molecule has 0 bridgehead atoms. The fourth-order valence-corrected chi connectivity index (χ4v) is 2.56. The van der Waals surface area contributed by atoms with Crippen LogP contribution in [0.15, 0.2) is 53.4 Å². The average Bonchev–Trinajstić information content (AvgIpc) is 2.50. The van der Waals surface area contributed by atoms with Crippen LogP contribution in [0.4, 0.5) is 14.5 Å². The fourth-order valence-electron chi connectivity index (χ4n) is 1.65. The van der Waals surface area contributed by atoms with E-state index in [2.05, 4.69) is 0 Å². The molecule has 0 saturated heterocycles. The first-order chi connectivity index (χ1) is 10.5. The van der Waals surface area contributed by atoms with E-state index in [9.17, 15) is 18.9 Å². The van der Waals surface area contributed by atoms with Gasteiger partial charge in [-0.3, -0.25) is 10.1 Å². The van der Waals surface area contributed by atoms with Gasteiger partial charge in [0.25, 0.3) is 5.69 Å². The number of rotatable bonds is 4. The van der Waals surface area contributed by atoms with Gasteiger partial charge in [-0.2, -0.15) is 5.26 Å². The van der Waals surface area contributed by atoms with Gasteiger partial charge in [-0.1, -0.05) is 11.8 Å². The molecule has 0 fully saturated rings. The quantitative estimate of drug-likeness (QED) is 0.359. The second kappa shape index (κ2) is 6.83. The Kier molecular flexibility index (Phi) is 4.86. The number of benzene rings is 2. The average molecular weight is 318 g/mol. The molecule has 0 N–H and O–H groups in total. The normalized spacial score (nSPS) is 11.0. The lowest BCUT2D eigenvalue weighted by molar-refractivity contribution is -0.384. The fraction of sp³-hybridized carbons (Fsp3) is 0. The Hall–Kier alpha value is -2.72. The molecule has 0 amide bonds. The predicted octanol–water partition coefficient (Wildman–Crippen LogP) is 4.53. The molecule has 0 heterocycles. The number of nitrogens with zero attached hydrogens (tertiary/aromatic N) is 2. The van der Waals surface area contributed by atoms with Crippen LogP contribution in [0.1, 0.15) is 5.56 Å². The molecular weight excluding hydrogens is 310 g/mol. The largest absolute Gasteiger partial charge is 0.269 e. The molecule has 2 aromatic rings. The van der Waals surface area contributed by atoms with Crippen molar-refractivity contribution in [3.8, 4) is 6.07 Å². The van der Waals surface area contributed by atoms with Crippen LogP contribution in [0, 0.1) is 33.1 Å². The van der Waals surface area contributed by atoms with Crippen LogP contribution >= 0.6 is 11.8 Å². The molecule has 0 aliphatic heterocycles. The third kappa shape index (κ3) is 3.68. The Balaban J connectivity index is 2.31. The maximum Gasteiger partial charge on any atom is 0.269 e. The Morgan fingerprint density at radius 3 is 2.41 bits per heavy atom. The summed E-state index contributed by atoms with van der Waals surface area (Å²) in [5.74, 6) is -1.93. The zero-order valence-corrected chi connectivity index (χ0v) is 11.8. The van der Waals surface area contributed by atoms with Crippen molar-refractivity contribution in [2.24, 2.45) is 0 Å². The van der Waals surface area contributed by atoms with Gasteiger partial charge in [0.15, 0.2) is 11.6 Å². The summed E-state index contributed by atoms with van der Waals surface area (Å²) < 4.78 is 26.1. The van der Waals surface area contributed by atoms with E-state index >= 15 is 0 Å². The molecule has 2 aromatic carbocycles. The number of hydrogen-bond acceptors (Lipinski definition) is 4. The summed E-state index contributed by atoms with van der Waals surface area (Å²) >= 11 is 1.07. The Morgan fingerprint density at radius 1 is 1.18 bits per heavy atom. The first-order valence-corrected chi connectivity index (χ1v) is 6.80. The van der Waals surface area contributed by atoms with E-state index in [4.69, 9.17) is 5.26 Å². The van der Waals surface area contributed by atoms with Crippen molar-refractivity contribution in [2.75, 3.05) is 0 Å². The number of nitro groups is 1. The van der Waals surface area contributed by atoms with E-state index in [1.807, 2.05) is 6.07 Å². The van der Waals surface area contributed by atoms with Gasteiger partial charge in [0.2, 0.25) is 0 Å². The maximum absolute atomic E-state index is 13.2. The highest BCUT2D eigenvalue weighted by atomic mass is 32.2. The summed E-state index contributed by atoms with van der Waals surface area (Å²) in [5.41, 5.74) is 0.500. The van der Waals surface area contributed by atoms with E-state index < -0.39 is 16.6 Å². The highest BCUT2D eigenvalue weighted by molar-refractivity contribution is 8.08. The molecule has 7 heteroatoms. The Labute approximate surface area is 128 Å². The van der Waals surface area contributed by atoms with Crippen molar-refractivity contribution >= 4 is 22.4 Å². The monoisotopic (exact) mass is 318 g/mol. The summed E-state index contributed by atoms with van der Waals surface area (Å²) in [5, 5.41) is 19.5. The molecule has 0 aliphatic rings. The maximum atomic E-state index is 13.2. The van der Waals surface area contributed by atoms with Crippen molar-refractivity contribution in [2.45, 2.75) is 4.90 Å². The Bertz CT molecular complexity index is 783. The first kappa shape index (κ1) is 15.7. The van der Waals surface area contributed by atoms with Gasteiger partial charge in [0.1, 0.15) is 0 Å². The van der Waals surface area contributed by atoms with Gasteiger partial charge in [-0.05, 0) is 35.9 Å². The lowest BCUT2D eigenvalue weighted by Gasteiger charge is -2.06. The minimum absolute atomic E-state index is 0.0714. The topological polar surface area (TPSA) is 66.9 Å². The molecule has 4 nitrogen and oxygen atoms in total. The third-order valence-corrected chi connectivity index (χ3v) is 3.74. The van der Waals surface area contributed by atoms with Crippen molar-refractivity contribution < 1.29 is 13.7 Å². The van der Waals surface area contributed by atoms with Gasteiger partial charge >= 0.3 is 0 Å². The SMILES string of the molecule is N#C/C=C(/Sc1ccc(F)c(F)c1)c1ccc([N+](=O)[O-])cc1. The minimum atomic E-state index is -0.981. The summed E-state index contributed by atoms with van der Waals surface area (Å²) in [6.45, 7) is 0. The van der Waals surface area contributed by atoms with Crippen LogP contribution in [0.5, 0.6) is 0 Å². The third-order valence-electron chi connectivity index (χ3n) is 2.68. The smallest absolute Gasteiger partial charge is 0.258 e. The van der Waals surface area contributed by atoms with Crippen molar-refractivity contribution in [3.63, 3.8) is 0 Å². The standard InChI is InChI=1S/C15H8F2N2O2S/c16-13-6-5-12(9-14(13)17)22-15(7-8-18)10-1-3-11(4-2-10)19(20)21/h1-7,9H/b15-7+. The lowest BCUT2D eigenvalue weighted by atomic mass is 10.2. The molecule has 0 spiro atoms. The highest BCUT2D eigenvalue weighted by Crippen LogP contribution is 2.35. The van der Waals surface area contributed by atoms with Crippen LogP contribution in [0.3, 0.4) is 0 Å². The van der Waals surface area contributed by atoms with Crippen LogP contribution in [0.2, 0.25) is 0 Å². The zero-order chi connectivity index (χ0) is 16.1. The van der Waals surface area contributed by atoms with Gasteiger partial charge in [-0.25, -0.2) is 8.78 Å². The van der Waals surface area contributed by atoms with E-state index in [0.29, 0.717) is 15.4 Å². The zero-order valence-electron chi connectivity index (χ0n) is 11.0. The molecule has 0 aliphatic carbocycles. The van der Waals surface area contributed by atoms with Crippen molar-refractivity contribution in [1.82, 2.24) is 0 Å². The molecule has 110 valence electrons. The molecule has 0 aromatic heterocycles. The highest BCUT2D eigenvalue weighted by Gasteiger charge is 2.10. The van der Waals surface area contributed by atoms with E-state index in [1.54, 1.807) is 0 Å². The van der Waals surface area contributed by atoms with Crippen LogP contribution in [-0.2, 0) is 0 Å². The molecule has 0 saturated carbocycles. The minimum Gasteiger partial charge on any atom is -0.258 e. The summed E-state index contributed by atoms with van der Waals surface area (Å²) in [4.78, 5) is 11.0. The number of nitriles is 1. The number of hydrogen-bond donors (Lipinski definition) is 0. The lowest BCUT2D eigenvalue weighted by Crippen LogP contribution is -1.89. The van der Waals surface area contributed by atoms with Gasteiger partial charge < -0.3 is 0 Å². The second-order valence-corrected chi connectivity index (χ2v) is 5.24. The number of nitro benzene ring substituents is 1. The van der Waals surface area contributed by atoms with E-state index in [-0.39, 0.29) is 5.69 Å². The molecule has 0 atom stereocenters. The van der Waals surface area contributed by atoms with Gasteiger partial charge in [-0.15, -0.1) is 0 Å². The predicted molar refractivity (Wildman–Crippen MR) is 78.9 cm³/mol. The van der Waals surface area contributed by atoms with Crippen molar-refractivity contribution in [1.29, 1.82) is 5.26 Å². The molecule has 0 radical (unpaired) electrons. The Morgan fingerprint density at radius 2 is 1.86 bits per heavy atom. The van der Waals surface area contributed by atoms with E-state index in [1.165, 1.54) is 36.4 Å². The first-order valence-electron chi connectivity index (χ1n) is 5.99. The number of thioether (sulfide) groups is 1. The number of halogens is 2. The number of non-ortho nitro benzene ring substituents is 1. The number of allylic oxidation sites excluding steroid dienone is 1. The summed E-state index contributed by atoms with van der Waals surface area (Å²) in [6, 6.07) is 10.9. The van der Waals surface area contributed by atoms with Crippen LogP contribution < -0.4 is 0 Å². The van der Waals surface area contributed by atoms with Gasteiger partial charge in [0.05, 0.1) is 11.0 Å². The van der Waals surface area contributed by atoms with Crippen molar-refractivity contribution in [3.05, 3.63) is 75.9 Å².